The van der Waals surface area contributed by atoms with E-state index in [1.807, 2.05) is 37.3 Å². The van der Waals surface area contributed by atoms with Crippen molar-refractivity contribution in [3.05, 3.63) is 59.1 Å². The Hall–Kier alpha value is -2.53. The summed E-state index contributed by atoms with van der Waals surface area (Å²) in [6.45, 7) is 2.32. The topological polar surface area (TPSA) is 55.8 Å². The van der Waals surface area contributed by atoms with E-state index in [1.165, 1.54) is 0 Å². The molecule has 0 saturated heterocycles. The van der Waals surface area contributed by atoms with Crippen LogP contribution >= 0.6 is 11.6 Å². The Morgan fingerprint density at radius 3 is 2.73 bits per heavy atom. The largest absolute Gasteiger partial charge is 0.492 e. The number of anilines is 1. The molecule has 1 atom stereocenters. The van der Waals surface area contributed by atoms with E-state index in [-0.39, 0.29) is 19.1 Å². The highest BCUT2D eigenvalue weighted by Gasteiger charge is 2.28. The zero-order valence-electron chi connectivity index (χ0n) is 14.5. The maximum absolute atomic E-state index is 12.4. The van der Waals surface area contributed by atoms with Crippen LogP contribution in [-0.2, 0) is 20.7 Å². The van der Waals surface area contributed by atoms with Crippen LogP contribution in [0.15, 0.2) is 48.5 Å². The van der Waals surface area contributed by atoms with Gasteiger partial charge in [0.1, 0.15) is 12.4 Å². The van der Waals surface area contributed by atoms with Crippen LogP contribution in [0.25, 0.3) is 0 Å². The molecule has 0 aliphatic carbocycles. The van der Waals surface area contributed by atoms with Crippen molar-refractivity contribution >= 4 is 29.2 Å². The molecule has 1 aliphatic heterocycles. The van der Waals surface area contributed by atoms with E-state index in [0.717, 1.165) is 17.0 Å². The molecule has 3 rings (SSSR count). The van der Waals surface area contributed by atoms with Gasteiger partial charge in [0.15, 0.2) is 6.61 Å². The third-order valence-corrected chi connectivity index (χ3v) is 4.52. The van der Waals surface area contributed by atoms with E-state index in [4.69, 9.17) is 21.1 Å². The third-order valence-electron chi connectivity index (χ3n) is 4.29. The summed E-state index contributed by atoms with van der Waals surface area (Å²) < 4.78 is 10.9. The number of rotatable bonds is 5. The smallest absolute Gasteiger partial charge is 0.313 e. The number of para-hydroxylation sites is 1. The SMILES string of the molecule is CCN(C(=O)COC(=O)[C@H]1COc2ccc(Cl)cc2C1)c1ccccc1. The number of hydrogen-bond donors (Lipinski definition) is 0. The molecule has 6 heteroatoms. The maximum atomic E-state index is 12.4. The Morgan fingerprint density at radius 1 is 1.23 bits per heavy atom. The quantitative estimate of drug-likeness (QED) is 0.753. The summed E-state index contributed by atoms with van der Waals surface area (Å²) in [5.74, 6) is -0.406. The van der Waals surface area contributed by atoms with E-state index in [9.17, 15) is 9.59 Å². The number of likely N-dealkylation sites (N-methyl/N-ethyl adjacent to an activating group) is 1. The predicted molar refractivity (Wildman–Crippen MR) is 99.6 cm³/mol. The molecule has 1 heterocycles. The van der Waals surface area contributed by atoms with Crippen molar-refractivity contribution in [3.8, 4) is 5.75 Å². The van der Waals surface area contributed by atoms with Crippen molar-refractivity contribution < 1.29 is 19.1 Å². The lowest BCUT2D eigenvalue weighted by atomic mass is 9.97. The Morgan fingerprint density at radius 2 is 2.00 bits per heavy atom. The first kappa shape index (κ1) is 18.3. The number of esters is 1. The Bertz CT molecular complexity index is 794. The van der Waals surface area contributed by atoms with E-state index < -0.39 is 11.9 Å². The molecule has 1 amide bonds. The number of fused-ring (bicyclic) bond motifs is 1. The second kappa shape index (κ2) is 8.23. The van der Waals surface area contributed by atoms with Gasteiger partial charge in [-0.2, -0.15) is 0 Å². The lowest BCUT2D eigenvalue weighted by molar-refractivity contribution is -0.153. The van der Waals surface area contributed by atoms with Gasteiger partial charge in [0, 0.05) is 17.3 Å². The van der Waals surface area contributed by atoms with Gasteiger partial charge < -0.3 is 14.4 Å². The minimum Gasteiger partial charge on any atom is -0.492 e. The molecule has 2 aromatic rings. The van der Waals surface area contributed by atoms with Gasteiger partial charge in [-0.3, -0.25) is 9.59 Å². The minimum absolute atomic E-state index is 0.234. The molecule has 136 valence electrons. The summed E-state index contributed by atoms with van der Waals surface area (Å²) in [7, 11) is 0. The zero-order valence-corrected chi connectivity index (χ0v) is 15.2. The van der Waals surface area contributed by atoms with Crippen LogP contribution < -0.4 is 9.64 Å². The molecule has 0 bridgehead atoms. The fourth-order valence-electron chi connectivity index (χ4n) is 2.95. The van der Waals surface area contributed by atoms with Crippen molar-refractivity contribution in [1.29, 1.82) is 0 Å². The molecule has 0 unspecified atom stereocenters. The summed E-state index contributed by atoms with van der Waals surface area (Å²) in [6, 6.07) is 14.6. The molecule has 5 nitrogen and oxygen atoms in total. The Balaban J connectivity index is 1.58. The van der Waals surface area contributed by atoms with E-state index in [2.05, 4.69) is 0 Å². The molecule has 1 aliphatic rings. The van der Waals surface area contributed by atoms with Gasteiger partial charge in [0.25, 0.3) is 5.91 Å². The lowest BCUT2D eigenvalue weighted by Gasteiger charge is -2.25. The number of carbonyl (C=O) groups excluding carboxylic acids is 2. The lowest BCUT2D eigenvalue weighted by Crippen LogP contribution is -2.36. The van der Waals surface area contributed by atoms with Gasteiger partial charge in [-0.1, -0.05) is 29.8 Å². The fraction of sp³-hybridized carbons (Fsp3) is 0.300. The fourth-order valence-corrected chi connectivity index (χ4v) is 3.15. The highest BCUT2D eigenvalue weighted by molar-refractivity contribution is 6.30. The van der Waals surface area contributed by atoms with Gasteiger partial charge in [-0.15, -0.1) is 0 Å². The van der Waals surface area contributed by atoms with Crippen molar-refractivity contribution in [3.63, 3.8) is 0 Å². The number of benzene rings is 2. The van der Waals surface area contributed by atoms with Crippen LogP contribution in [0, 0.1) is 5.92 Å². The second-order valence-electron chi connectivity index (χ2n) is 6.05. The van der Waals surface area contributed by atoms with E-state index >= 15 is 0 Å². The number of hydrogen-bond acceptors (Lipinski definition) is 4. The van der Waals surface area contributed by atoms with Crippen LogP contribution in [-0.4, -0.2) is 31.6 Å². The van der Waals surface area contributed by atoms with Gasteiger partial charge >= 0.3 is 5.97 Å². The van der Waals surface area contributed by atoms with Crippen molar-refractivity contribution in [2.75, 3.05) is 24.7 Å². The summed E-state index contributed by atoms with van der Waals surface area (Å²) in [4.78, 5) is 26.3. The molecule has 2 aromatic carbocycles. The molecular formula is C20H20ClNO4. The first-order valence-corrected chi connectivity index (χ1v) is 8.89. The van der Waals surface area contributed by atoms with E-state index in [0.29, 0.717) is 18.0 Å². The minimum atomic E-state index is -0.444. The standard InChI is InChI=1S/C20H20ClNO4/c1-2-22(17-6-4-3-5-7-17)19(23)13-26-20(24)15-10-14-11-16(21)8-9-18(14)25-12-15/h3-9,11,15H,2,10,12-13H2,1H3/t15-/m1/s1. The Kier molecular flexibility index (Phi) is 5.78. The molecule has 0 N–H and O–H groups in total. The number of halogens is 1. The zero-order chi connectivity index (χ0) is 18.5. The average molecular weight is 374 g/mol. The molecule has 26 heavy (non-hydrogen) atoms. The molecule has 0 fully saturated rings. The maximum Gasteiger partial charge on any atom is 0.313 e. The number of amides is 1. The predicted octanol–water partition coefficient (Wildman–Crippen LogP) is 3.49. The van der Waals surface area contributed by atoms with E-state index in [1.54, 1.807) is 23.1 Å². The first-order valence-electron chi connectivity index (χ1n) is 8.51. The van der Waals surface area contributed by atoms with Gasteiger partial charge in [-0.05, 0) is 49.2 Å². The van der Waals surface area contributed by atoms with Gasteiger partial charge in [-0.25, -0.2) is 0 Å². The van der Waals surface area contributed by atoms with Crippen LogP contribution in [0.2, 0.25) is 5.02 Å². The second-order valence-corrected chi connectivity index (χ2v) is 6.48. The summed E-state index contributed by atoms with van der Waals surface area (Å²) in [5, 5.41) is 0.595. The molecule has 0 radical (unpaired) electrons. The molecular weight excluding hydrogens is 354 g/mol. The number of nitrogens with zero attached hydrogens (tertiary/aromatic N) is 1. The van der Waals surface area contributed by atoms with Crippen LogP contribution in [0.4, 0.5) is 5.69 Å². The van der Waals surface area contributed by atoms with Gasteiger partial charge in [0.05, 0.1) is 5.92 Å². The highest BCUT2D eigenvalue weighted by Crippen LogP contribution is 2.30. The summed E-state index contributed by atoms with van der Waals surface area (Å²) in [6.07, 6.45) is 0.485. The number of ether oxygens (including phenoxy) is 2. The molecule has 0 aromatic heterocycles. The summed E-state index contributed by atoms with van der Waals surface area (Å²) >= 11 is 5.99. The third kappa shape index (κ3) is 4.17. The van der Waals surface area contributed by atoms with Gasteiger partial charge in [0.2, 0.25) is 0 Å². The molecule has 0 spiro atoms. The van der Waals surface area contributed by atoms with Crippen molar-refractivity contribution in [1.82, 2.24) is 0 Å². The Labute approximate surface area is 157 Å². The average Bonchev–Trinajstić information content (AvgIpc) is 2.67. The van der Waals surface area contributed by atoms with Crippen molar-refractivity contribution in [2.45, 2.75) is 13.3 Å². The summed E-state index contributed by atoms with van der Waals surface area (Å²) in [5.41, 5.74) is 1.65. The van der Waals surface area contributed by atoms with Crippen LogP contribution in [0.3, 0.4) is 0 Å². The highest BCUT2D eigenvalue weighted by atomic mass is 35.5. The van der Waals surface area contributed by atoms with Crippen molar-refractivity contribution in [2.24, 2.45) is 5.92 Å². The molecule has 0 saturated carbocycles. The number of carbonyl (C=O) groups is 2. The van der Waals surface area contributed by atoms with Crippen LogP contribution in [0.5, 0.6) is 5.75 Å². The van der Waals surface area contributed by atoms with Crippen LogP contribution in [0.1, 0.15) is 12.5 Å². The normalized spacial score (nSPS) is 15.5. The first-order chi connectivity index (χ1) is 12.6. The monoisotopic (exact) mass is 373 g/mol.